The monoisotopic (exact) mass is 465 g/mol. The van der Waals surface area contributed by atoms with Crippen LogP contribution in [0.25, 0.3) is 11.4 Å². The van der Waals surface area contributed by atoms with Gasteiger partial charge in [-0.25, -0.2) is 9.18 Å². The van der Waals surface area contributed by atoms with Crippen LogP contribution in [0.3, 0.4) is 0 Å². The van der Waals surface area contributed by atoms with Gasteiger partial charge in [-0.2, -0.15) is 4.98 Å². The molecule has 1 aromatic carbocycles. The van der Waals surface area contributed by atoms with E-state index in [1.54, 1.807) is 17.0 Å². The lowest BCUT2D eigenvalue weighted by molar-refractivity contribution is -0.121. The van der Waals surface area contributed by atoms with E-state index in [-0.39, 0.29) is 36.7 Å². The molecular weight excluding hydrogens is 437 g/mol. The highest BCUT2D eigenvalue weighted by Crippen LogP contribution is 2.31. The number of thioether (sulfide) groups is 1. The van der Waals surface area contributed by atoms with Crippen molar-refractivity contribution in [1.29, 1.82) is 0 Å². The molecule has 2 aliphatic heterocycles. The zero-order valence-electron chi connectivity index (χ0n) is 18.7. The third kappa shape index (κ3) is 5.24. The average molecular weight is 466 g/mol. The number of amides is 1. The Bertz CT molecular complexity index is 949. The SMILES string of the molecule is CSc1ccc(-c2noc(COC3CC4COCC(C3)N4C(=O)OC(C)(C)C)n2)cc1F. The van der Waals surface area contributed by atoms with Gasteiger partial charge in [0.05, 0.1) is 31.4 Å². The maximum Gasteiger partial charge on any atom is 0.410 e. The van der Waals surface area contributed by atoms with Crippen LogP contribution >= 0.6 is 11.8 Å². The van der Waals surface area contributed by atoms with Crippen molar-refractivity contribution in [3.8, 4) is 11.4 Å². The summed E-state index contributed by atoms with van der Waals surface area (Å²) in [6.07, 6.45) is 2.72. The van der Waals surface area contributed by atoms with E-state index in [0.29, 0.717) is 48.2 Å². The highest BCUT2D eigenvalue weighted by molar-refractivity contribution is 7.98. The van der Waals surface area contributed by atoms with E-state index in [1.165, 1.54) is 17.8 Å². The Hall–Kier alpha value is -2.17. The zero-order valence-corrected chi connectivity index (χ0v) is 19.5. The van der Waals surface area contributed by atoms with Crippen molar-refractivity contribution >= 4 is 17.9 Å². The van der Waals surface area contributed by atoms with Crippen LogP contribution in [0.1, 0.15) is 39.5 Å². The summed E-state index contributed by atoms with van der Waals surface area (Å²) in [5, 5.41) is 3.94. The lowest BCUT2D eigenvalue weighted by Crippen LogP contribution is -2.61. The molecule has 174 valence electrons. The minimum atomic E-state index is -0.548. The van der Waals surface area contributed by atoms with Gasteiger partial charge in [-0.15, -0.1) is 11.8 Å². The number of carbonyl (C=O) groups is 1. The molecular formula is C22H28FN3O5S. The van der Waals surface area contributed by atoms with E-state index in [1.807, 2.05) is 27.0 Å². The fourth-order valence-electron chi connectivity index (χ4n) is 4.04. The number of nitrogens with zero attached hydrogens (tertiary/aromatic N) is 3. The van der Waals surface area contributed by atoms with Gasteiger partial charge in [-0.1, -0.05) is 5.16 Å². The number of rotatable bonds is 5. The van der Waals surface area contributed by atoms with Crippen LogP contribution in [-0.4, -0.2) is 64.4 Å². The molecule has 0 spiro atoms. The van der Waals surface area contributed by atoms with Gasteiger partial charge in [0.15, 0.2) is 0 Å². The minimum Gasteiger partial charge on any atom is -0.444 e. The summed E-state index contributed by atoms with van der Waals surface area (Å²) in [5.74, 6) is 0.327. The minimum absolute atomic E-state index is 0.0683. The van der Waals surface area contributed by atoms with Crippen LogP contribution in [0.4, 0.5) is 9.18 Å². The van der Waals surface area contributed by atoms with Gasteiger partial charge in [0.2, 0.25) is 5.82 Å². The molecule has 1 amide bonds. The highest BCUT2D eigenvalue weighted by atomic mass is 32.2. The molecule has 3 heterocycles. The van der Waals surface area contributed by atoms with E-state index >= 15 is 0 Å². The number of piperidine rings is 1. The number of morpholine rings is 1. The third-order valence-electron chi connectivity index (χ3n) is 5.40. The van der Waals surface area contributed by atoms with Crippen LogP contribution in [-0.2, 0) is 20.8 Å². The normalized spacial score (nSPS) is 23.3. The van der Waals surface area contributed by atoms with Gasteiger partial charge in [-0.3, -0.25) is 4.90 Å². The van der Waals surface area contributed by atoms with Crippen molar-refractivity contribution < 1.29 is 27.9 Å². The Kier molecular flexibility index (Phi) is 6.73. The first-order valence-corrected chi connectivity index (χ1v) is 11.8. The largest absolute Gasteiger partial charge is 0.444 e. The number of benzene rings is 1. The van der Waals surface area contributed by atoms with Gasteiger partial charge < -0.3 is 18.7 Å². The summed E-state index contributed by atoms with van der Waals surface area (Å²) < 4.78 is 36.6. The molecule has 8 nitrogen and oxygen atoms in total. The molecule has 2 saturated heterocycles. The van der Waals surface area contributed by atoms with Crippen molar-refractivity contribution in [1.82, 2.24) is 15.0 Å². The number of carbonyl (C=O) groups excluding carboxylic acids is 1. The number of hydrogen-bond acceptors (Lipinski definition) is 8. The fourth-order valence-corrected chi connectivity index (χ4v) is 4.50. The maximum atomic E-state index is 14.0. The summed E-state index contributed by atoms with van der Waals surface area (Å²) >= 11 is 1.34. The molecule has 32 heavy (non-hydrogen) atoms. The van der Waals surface area contributed by atoms with E-state index < -0.39 is 5.60 Å². The molecule has 0 aliphatic carbocycles. The molecule has 0 radical (unpaired) electrons. The van der Waals surface area contributed by atoms with Crippen LogP contribution < -0.4 is 0 Å². The smallest absolute Gasteiger partial charge is 0.410 e. The van der Waals surface area contributed by atoms with Crippen molar-refractivity contribution in [2.75, 3.05) is 19.5 Å². The van der Waals surface area contributed by atoms with Crippen LogP contribution in [0.15, 0.2) is 27.6 Å². The number of aromatic nitrogens is 2. The van der Waals surface area contributed by atoms with E-state index in [0.717, 1.165) is 0 Å². The van der Waals surface area contributed by atoms with E-state index in [9.17, 15) is 9.18 Å². The second kappa shape index (κ2) is 9.36. The third-order valence-corrected chi connectivity index (χ3v) is 6.17. The Morgan fingerprint density at radius 1 is 1.28 bits per heavy atom. The fraction of sp³-hybridized carbons (Fsp3) is 0.591. The van der Waals surface area contributed by atoms with Crippen molar-refractivity contribution in [3.05, 3.63) is 29.9 Å². The topological polar surface area (TPSA) is 86.9 Å². The van der Waals surface area contributed by atoms with E-state index in [4.69, 9.17) is 18.7 Å². The van der Waals surface area contributed by atoms with Crippen LogP contribution in [0.2, 0.25) is 0 Å². The molecule has 1 aromatic heterocycles. The molecule has 2 unspecified atom stereocenters. The number of halogens is 1. The second-order valence-corrected chi connectivity index (χ2v) is 9.85. The number of fused-ring (bicyclic) bond motifs is 2. The molecule has 2 fully saturated rings. The van der Waals surface area contributed by atoms with Gasteiger partial charge in [0.1, 0.15) is 18.0 Å². The first-order chi connectivity index (χ1) is 15.2. The van der Waals surface area contributed by atoms with Crippen LogP contribution in [0, 0.1) is 5.82 Å². The predicted octanol–water partition coefficient (Wildman–Crippen LogP) is 4.28. The standard InChI is InChI=1S/C22H28FN3O5S/c1-22(2,3)30-21(27)26-14-8-16(9-15(26)11-28-10-14)29-12-19-24-20(25-31-19)13-5-6-18(32-4)17(23)7-13/h5-7,14-16H,8-12H2,1-4H3. The van der Waals surface area contributed by atoms with Crippen LogP contribution in [0.5, 0.6) is 0 Å². The molecule has 0 N–H and O–H groups in total. The quantitative estimate of drug-likeness (QED) is 0.605. The number of ether oxygens (including phenoxy) is 3. The second-order valence-electron chi connectivity index (χ2n) is 9.00. The van der Waals surface area contributed by atoms with Crippen molar-refractivity contribution in [2.45, 2.75) is 68.9 Å². The molecule has 10 heteroatoms. The van der Waals surface area contributed by atoms with Crippen molar-refractivity contribution in [2.24, 2.45) is 0 Å². The summed E-state index contributed by atoms with van der Waals surface area (Å²) in [6.45, 7) is 6.64. The molecule has 2 aliphatic rings. The Morgan fingerprint density at radius 3 is 2.62 bits per heavy atom. The van der Waals surface area contributed by atoms with Gasteiger partial charge >= 0.3 is 6.09 Å². The summed E-state index contributed by atoms with van der Waals surface area (Å²) in [6, 6.07) is 4.66. The first-order valence-electron chi connectivity index (χ1n) is 10.6. The predicted molar refractivity (Wildman–Crippen MR) is 116 cm³/mol. The molecule has 0 saturated carbocycles. The van der Waals surface area contributed by atoms with E-state index in [2.05, 4.69) is 10.1 Å². The van der Waals surface area contributed by atoms with Gasteiger partial charge in [0.25, 0.3) is 5.89 Å². The van der Waals surface area contributed by atoms with Gasteiger partial charge in [0, 0.05) is 10.5 Å². The highest BCUT2D eigenvalue weighted by Gasteiger charge is 2.43. The lowest BCUT2D eigenvalue weighted by Gasteiger charge is -2.47. The van der Waals surface area contributed by atoms with Gasteiger partial charge in [-0.05, 0) is 58.1 Å². The molecule has 2 aromatic rings. The summed E-state index contributed by atoms with van der Waals surface area (Å²) in [7, 11) is 0. The Balaban J connectivity index is 1.36. The average Bonchev–Trinajstić information content (AvgIpc) is 3.19. The summed E-state index contributed by atoms with van der Waals surface area (Å²) in [5.41, 5.74) is 0.000995. The zero-order chi connectivity index (χ0) is 22.9. The molecule has 2 atom stereocenters. The van der Waals surface area contributed by atoms with Crippen molar-refractivity contribution in [3.63, 3.8) is 0 Å². The number of hydrogen-bond donors (Lipinski definition) is 0. The molecule has 4 rings (SSSR count). The summed E-state index contributed by atoms with van der Waals surface area (Å²) in [4.78, 5) is 19.4. The maximum absolute atomic E-state index is 14.0. The first kappa shape index (κ1) is 23.0. The Morgan fingerprint density at radius 2 is 2.00 bits per heavy atom. The lowest BCUT2D eigenvalue weighted by atomic mass is 9.92. The molecule has 2 bridgehead atoms. The Labute approximate surface area is 190 Å².